The predicted molar refractivity (Wildman–Crippen MR) is 72.7 cm³/mol. The van der Waals surface area contributed by atoms with Gasteiger partial charge in [0.1, 0.15) is 11.5 Å². The van der Waals surface area contributed by atoms with Crippen LogP contribution in [0.1, 0.15) is 11.1 Å². The maximum absolute atomic E-state index is 9.71. The Bertz CT molecular complexity index is 506. The number of hydrogen-bond donors (Lipinski definition) is 2. The molecule has 0 fully saturated rings. The van der Waals surface area contributed by atoms with Gasteiger partial charge in [-0.15, -0.1) is 0 Å². The molecule has 0 unspecified atom stereocenters. The molecule has 0 aliphatic rings. The molecule has 0 atom stereocenters. The second kappa shape index (κ2) is 5.96. The summed E-state index contributed by atoms with van der Waals surface area (Å²) in [5.41, 5.74) is 1.40. The Kier molecular flexibility index (Phi) is 4.84. The molecule has 0 aliphatic heterocycles. The molecule has 96 valence electrons. The lowest BCUT2D eigenvalue weighted by Crippen LogP contribution is -1.89. The molecule has 2 aromatic rings. The topological polar surface area (TPSA) is 72.0 Å². The highest BCUT2D eigenvalue weighted by Gasteiger charge is 2.07. The van der Waals surface area contributed by atoms with Gasteiger partial charge in [0.15, 0.2) is 0 Å². The first kappa shape index (κ1) is 14.6. The van der Waals surface area contributed by atoms with Crippen LogP contribution in [0.3, 0.4) is 0 Å². The Morgan fingerprint density at radius 2 is 1.17 bits per heavy atom. The van der Waals surface area contributed by atoms with E-state index in [4.69, 9.17) is 23.2 Å². The second-order valence-electron chi connectivity index (χ2n) is 3.72. The SMILES string of the molecule is O.Oc1cc(Cl)ccc1Cc1ccc(Cl)cc1O. The van der Waals surface area contributed by atoms with Crippen LogP contribution in [0.15, 0.2) is 36.4 Å². The molecule has 0 saturated carbocycles. The first-order valence-corrected chi connectivity index (χ1v) is 5.76. The van der Waals surface area contributed by atoms with Gasteiger partial charge in [-0.25, -0.2) is 0 Å². The number of rotatable bonds is 2. The number of halogens is 2. The zero-order chi connectivity index (χ0) is 12.4. The summed E-state index contributed by atoms with van der Waals surface area (Å²) in [6, 6.07) is 9.80. The lowest BCUT2D eigenvalue weighted by molar-refractivity contribution is 0.463. The zero-order valence-electron chi connectivity index (χ0n) is 9.32. The van der Waals surface area contributed by atoms with Gasteiger partial charge < -0.3 is 15.7 Å². The molecule has 3 nitrogen and oxygen atoms in total. The van der Waals surface area contributed by atoms with Crippen LogP contribution < -0.4 is 0 Å². The predicted octanol–water partition coefficient (Wildman–Crippen LogP) is 3.17. The summed E-state index contributed by atoms with van der Waals surface area (Å²) in [6.07, 6.45) is 0.423. The minimum Gasteiger partial charge on any atom is -0.508 e. The Balaban J connectivity index is 0.00000162. The maximum Gasteiger partial charge on any atom is 0.120 e. The smallest absolute Gasteiger partial charge is 0.120 e. The monoisotopic (exact) mass is 286 g/mol. The highest BCUT2D eigenvalue weighted by Crippen LogP contribution is 2.28. The van der Waals surface area contributed by atoms with Gasteiger partial charge in [0.2, 0.25) is 0 Å². The molecule has 0 heterocycles. The second-order valence-corrected chi connectivity index (χ2v) is 4.60. The first-order chi connectivity index (χ1) is 8.06. The molecule has 0 saturated heterocycles. The molecule has 0 spiro atoms. The van der Waals surface area contributed by atoms with E-state index in [1.807, 2.05) is 0 Å². The van der Waals surface area contributed by atoms with E-state index in [0.717, 1.165) is 0 Å². The van der Waals surface area contributed by atoms with Crippen LogP contribution in [0.2, 0.25) is 10.0 Å². The van der Waals surface area contributed by atoms with E-state index in [2.05, 4.69) is 0 Å². The van der Waals surface area contributed by atoms with Crippen molar-refractivity contribution in [2.45, 2.75) is 6.42 Å². The van der Waals surface area contributed by atoms with Crippen molar-refractivity contribution in [2.75, 3.05) is 0 Å². The van der Waals surface area contributed by atoms with Crippen LogP contribution >= 0.6 is 23.2 Å². The van der Waals surface area contributed by atoms with Gasteiger partial charge in [-0.3, -0.25) is 0 Å². The average Bonchev–Trinajstić information content (AvgIpc) is 2.25. The third kappa shape index (κ3) is 3.29. The number of aromatic hydroxyl groups is 2. The fourth-order valence-electron chi connectivity index (χ4n) is 1.58. The van der Waals surface area contributed by atoms with E-state index in [1.54, 1.807) is 24.3 Å². The van der Waals surface area contributed by atoms with E-state index in [0.29, 0.717) is 27.6 Å². The van der Waals surface area contributed by atoms with Crippen molar-refractivity contribution in [3.8, 4) is 11.5 Å². The van der Waals surface area contributed by atoms with Gasteiger partial charge in [-0.2, -0.15) is 0 Å². The van der Waals surface area contributed by atoms with Gasteiger partial charge in [-0.05, 0) is 35.4 Å². The van der Waals surface area contributed by atoms with E-state index < -0.39 is 0 Å². The summed E-state index contributed by atoms with van der Waals surface area (Å²) in [5.74, 6) is 0.235. The lowest BCUT2D eigenvalue weighted by Gasteiger charge is -2.07. The number of benzene rings is 2. The summed E-state index contributed by atoms with van der Waals surface area (Å²) in [6.45, 7) is 0. The van der Waals surface area contributed by atoms with Crippen LogP contribution in [0.4, 0.5) is 0 Å². The molecule has 0 aliphatic carbocycles. The van der Waals surface area contributed by atoms with Crippen molar-refractivity contribution in [2.24, 2.45) is 0 Å². The molecule has 0 radical (unpaired) electrons. The number of phenolic OH excluding ortho intramolecular Hbond substituents is 2. The van der Waals surface area contributed by atoms with Crippen LogP contribution in [0.5, 0.6) is 11.5 Å². The third-order valence-electron chi connectivity index (χ3n) is 2.48. The summed E-state index contributed by atoms with van der Waals surface area (Å²) < 4.78 is 0. The van der Waals surface area contributed by atoms with E-state index in [9.17, 15) is 10.2 Å². The van der Waals surface area contributed by atoms with Crippen molar-refractivity contribution in [1.82, 2.24) is 0 Å². The molecule has 2 rings (SSSR count). The summed E-state index contributed by atoms with van der Waals surface area (Å²) in [7, 11) is 0. The van der Waals surface area contributed by atoms with E-state index >= 15 is 0 Å². The Morgan fingerprint density at radius 1 is 0.778 bits per heavy atom. The molecule has 5 heteroatoms. The summed E-state index contributed by atoms with van der Waals surface area (Å²) >= 11 is 11.5. The highest BCUT2D eigenvalue weighted by molar-refractivity contribution is 6.31. The normalized spacial score (nSPS) is 9.89. The van der Waals surface area contributed by atoms with Crippen molar-refractivity contribution < 1.29 is 15.7 Å². The Morgan fingerprint density at radius 3 is 1.50 bits per heavy atom. The molecule has 18 heavy (non-hydrogen) atoms. The fraction of sp³-hybridized carbons (Fsp3) is 0.0769. The minimum absolute atomic E-state index is 0. The minimum atomic E-state index is 0. The van der Waals surface area contributed by atoms with Crippen molar-refractivity contribution in [3.63, 3.8) is 0 Å². The molecular formula is C13H12Cl2O3. The molecular weight excluding hydrogens is 275 g/mol. The number of phenols is 2. The fourth-order valence-corrected chi connectivity index (χ4v) is 1.91. The summed E-state index contributed by atoms with van der Waals surface area (Å²) in [4.78, 5) is 0. The standard InChI is InChI=1S/C13H10Cl2O2.H2O/c14-10-3-1-8(12(16)6-10)5-9-2-4-11(15)7-13(9)17;/h1-4,6-7,16-17H,5H2;1H2. The third-order valence-corrected chi connectivity index (χ3v) is 2.95. The molecule has 4 N–H and O–H groups in total. The molecule has 0 amide bonds. The molecule has 2 aromatic carbocycles. The van der Waals surface area contributed by atoms with Crippen LogP contribution in [0.25, 0.3) is 0 Å². The average molecular weight is 287 g/mol. The number of hydrogen-bond acceptors (Lipinski definition) is 2. The van der Waals surface area contributed by atoms with Gasteiger partial charge in [0.25, 0.3) is 0 Å². The quantitative estimate of drug-likeness (QED) is 0.890. The Hall–Kier alpha value is -1.42. The zero-order valence-corrected chi connectivity index (χ0v) is 10.8. The van der Waals surface area contributed by atoms with E-state index in [-0.39, 0.29) is 17.0 Å². The van der Waals surface area contributed by atoms with Gasteiger partial charge in [0, 0.05) is 16.5 Å². The molecule has 0 aromatic heterocycles. The van der Waals surface area contributed by atoms with Crippen LogP contribution in [-0.2, 0) is 6.42 Å². The largest absolute Gasteiger partial charge is 0.508 e. The van der Waals surface area contributed by atoms with Crippen molar-refractivity contribution in [1.29, 1.82) is 0 Å². The van der Waals surface area contributed by atoms with Gasteiger partial charge >= 0.3 is 0 Å². The molecule has 0 bridgehead atoms. The highest BCUT2D eigenvalue weighted by atomic mass is 35.5. The Labute approximate surface area is 115 Å². The summed E-state index contributed by atoms with van der Waals surface area (Å²) in [5, 5.41) is 20.4. The van der Waals surface area contributed by atoms with E-state index in [1.165, 1.54) is 12.1 Å². The van der Waals surface area contributed by atoms with Crippen LogP contribution in [-0.4, -0.2) is 15.7 Å². The van der Waals surface area contributed by atoms with Gasteiger partial charge in [-0.1, -0.05) is 35.3 Å². The maximum atomic E-state index is 9.71. The van der Waals surface area contributed by atoms with Crippen molar-refractivity contribution >= 4 is 23.2 Å². The van der Waals surface area contributed by atoms with Gasteiger partial charge in [0.05, 0.1) is 0 Å². The first-order valence-electron chi connectivity index (χ1n) is 5.01. The lowest BCUT2D eigenvalue weighted by atomic mass is 10.0. The van der Waals surface area contributed by atoms with Crippen molar-refractivity contribution in [3.05, 3.63) is 57.6 Å². The van der Waals surface area contributed by atoms with Crippen LogP contribution in [0, 0.1) is 0 Å².